The van der Waals surface area contributed by atoms with Gasteiger partial charge in [-0.05, 0) is 5.56 Å². The highest BCUT2D eigenvalue weighted by Crippen LogP contribution is 2.19. The molecule has 0 aliphatic carbocycles. The number of thioether (sulfide) groups is 1. The average Bonchev–Trinajstić information content (AvgIpc) is 2.38. The molecule has 6 heteroatoms. The van der Waals surface area contributed by atoms with Gasteiger partial charge in [0.15, 0.2) is 0 Å². The Kier molecular flexibility index (Phi) is 5.64. The van der Waals surface area contributed by atoms with Gasteiger partial charge in [-0.2, -0.15) is 11.8 Å². The van der Waals surface area contributed by atoms with Gasteiger partial charge in [-0.25, -0.2) is 0 Å². The number of carbonyl (C=O) groups is 1. The van der Waals surface area contributed by atoms with E-state index >= 15 is 0 Å². The van der Waals surface area contributed by atoms with Crippen molar-refractivity contribution in [1.82, 2.24) is 0 Å². The average molecular weight is 269 g/mol. The summed E-state index contributed by atoms with van der Waals surface area (Å²) < 4.78 is 4.62. The van der Waals surface area contributed by atoms with Crippen LogP contribution >= 0.6 is 11.8 Å². The van der Waals surface area contributed by atoms with Gasteiger partial charge in [-0.3, -0.25) is 14.9 Å². The number of methoxy groups -OCH3 is 1. The van der Waals surface area contributed by atoms with Gasteiger partial charge in [0.2, 0.25) is 0 Å². The number of non-ortho nitro benzene ring substituents is 1. The number of benzene rings is 1. The predicted octanol–water partition coefficient (Wildman–Crippen LogP) is 2.64. The molecule has 0 aliphatic heterocycles. The van der Waals surface area contributed by atoms with Crippen LogP contribution < -0.4 is 0 Å². The fourth-order valence-corrected chi connectivity index (χ4v) is 2.41. The summed E-state index contributed by atoms with van der Waals surface area (Å²) in [5.41, 5.74) is 0.973. The van der Waals surface area contributed by atoms with Gasteiger partial charge in [-0.1, -0.05) is 19.1 Å². The molecular formula is C12H15NO4S. The fourth-order valence-electron chi connectivity index (χ4n) is 1.38. The number of hydrogen-bond donors (Lipinski definition) is 0. The Bertz CT molecular complexity index is 436. The van der Waals surface area contributed by atoms with Crippen molar-refractivity contribution in [1.29, 1.82) is 0 Å². The quantitative estimate of drug-likeness (QED) is 0.451. The minimum Gasteiger partial charge on any atom is -0.469 e. The number of nitro groups is 1. The summed E-state index contributed by atoms with van der Waals surface area (Å²) in [6.45, 7) is 1.80. The van der Waals surface area contributed by atoms with Crippen LogP contribution in [-0.4, -0.2) is 23.8 Å². The molecule has 1 unspecified atom stereocenters. The van der Waals surface area contributed by atoms with Crippen molar-refractivity contribution in [3.05, 3.63) is 39.9 Å². The summed E-state index contributed by atoms with van der Waals surface area (Å²) in [5, 5.41) is 10.6. The molecule has 0 fully saturated rings. The highest BCUT2D eigenvalue weighted by molar-refractivity contribution is 7.98. The van der Waals surface area contributed by atoms with E-state index in [1.807, 2.05) is 6.07 Å². The molecule has 5 nitrogen and oxygen atoms in total. The lowest BCUT2D eigenvalue weighted by atomic mass is 10.2. The third-order valence-corrected chi connectivity index (χ3v) is 3.63. The lowest BCUT2D eigenvalue weighted by Crippen LogP contribution is -2.14. The third kappa shape index (κ3) is 4.37. The fraction of sp³-hybridized carbons (Fsp3) is 0.417. The van der Waals surface area contributed by atoms with E-state index in [2.05, 4.69) is 4.74 Å². The molecule has 0 heterocycles. The van der Waals surface area contributed by atoms with E-state index in [4.69, 9.17) is 0 Å². The van der Waals surface area contributed by atoms with Crippen LogP contribution in [0.4, 0.5) is 5.69 Å². The second-order valence-corrected chi connectivity index (χ2v) is 4.90. The van der Waals surface area contributed by atoms with Gasteiger partial charge in [-0.15, -0.1) is 0 Å². The smallest absolute Gasteiger partial charge is 0.309 e. The van der Waals surface area contributed by atoms with E-state index in [1.165, 1.54) is 13.2 Å². The second kappa shape index (κ2) is 7.00. The monoisotopic (exact) mass is 269 g/mol. The zero-order chi connectivity index (χ0) is 13.5. The van der Waals surface area contributed by atoms with E-state index in [0.717, 1.165) is 5.56 Å². The molecule has 0 bridgehead atoms. The van der Waals surface area contributed by atoms with Gasteiger partial charge >= 0.3 is 5.97 Å². The normalized spacial score (nSPS) is 11.9. The summed E-state index contributed by atoms with van der Waals surface area (Å²) in [4.78, 5) is 21.4. The molecule has 0 aromatic heterocycles. The number of carbonyl (C=O) groups excluding carboxylic acids is 1. The molecule has 0 spiro atoms. The zero-order valence-electron chi connectivity index (χ0n) is 10.3. The maximum Gasteiger partial charge on any atom is 0.309 e. The zero-order valence-corrected chi connectivity index (χ0v) is 11.1. The number of nitrogens with zero attached hydrogens (tertiary/aromatic N) is 1. The Hall–Kier alpha value is -1.56. The van der Waals surface area contributed by atoms with Crippen LogP contribution in [0.3, 0.4) is 0 Å². The molecule has 0 saturated carbocycles. The Labute approximate surface area is 110 Å². The summed E-state index contributed by atoms with van der Waals surface area (Å²) >= 11 is 1.56. The van der Waals surface area contributed by atoms with Crippen LogP contribution in [0.25, 0.3) is 0 Å². The molecule has 0 radical (unpaired) electrons. The largest absolute Gasteiger partial charge is 0.469 e. The number of rotatable bonds is 6. The SMILES string of the molecule is COC(=O)C(C)CSCc1cccc([N+](=O)[O-])c1. The molecule has 18 heavy (non-hydrogen) atoms. The molecule has 0 aliphatic rings. The maximum absolute atomic E-state index is 11.2. The van der Waals surface area contributed by atoms with Crippen LogP contribution in [-0.2, 0) is 15.3 Å². The Morgan fingerprint density at radius 2 is 2.28 bits per heavy atom. The van der Waals surface area contributed by atoms with E-state index in [1.54, 1.807) is 30.8 Å². The Balaban J connectivity index is 2.46. The summed E-state index contributed by atoms with van der Waals surface area (Å²) in [5.74, 6) is 0.874. The lowest BCUT2D eigenvalue weighted by molar-refractivity contribution is -0.384. The highest BCUT2D eigenvalue weighted by Gasteiger charge is 2.13. The van der Waals surface area contributed by atoms with Crippen molar-refractivity contribution in [3.8, 4) is 0 Å². The number of hydrogen-bond acceptors (Lipinski definition) is 5. The molecule has 1 atom stereocenters. The Morgan fingerprint density at radius 3 is 2.89 bits per heavy atom. The number of ether oxygens (including phenoxy) is 1. The first-order chi connectivity index (χ1) is 8.54. The van der Waals surface area contributed by atoms with E-state index in [9.17, 15) is 14.9 Å². The molecule has 1 aromatic rings. The van der Waals surface area contributed by atoms with Gasteiger partial charge in [0.25, 0.3) is 5.69 Å². The first-order valence-electron chi connectivity index (χ1n) is 5.43. The van der Waals surface area contributed by atoms with Crippen molar-refractivity contribution < 1.29 is 14.5 Å². The van der Waals surface area contributed by atoms with Gasteiger partial charge < -0.3 is 4.74 Å². The topological polar surface area (TPSA) is 69.4 Å². The van der Waals surface area contributed by atoms with E-state index < -0.39 is 4.92 Å². The number of esters is 1. The Morgan fingerprint density at radius 1 is 1.56 bits per heavy atom. The highest BCUT2D eigenvalue weighted by atomic mass is 32.2. The first kappa shape index (κ1) is 14.5. The maximum atomic E-state index is 11.2. The summed E-state index contributed by atoms with van der Waals surface area (Å²) in [7, 11) is 1.37. The van der Waals surface area contributed by atoms with E-state index in [-0.39, 0.29) is 17.6 Å². The summed E-state index contributed by atoms with van der Waals surface area (Å²) in [6.07, 6.45) is 0. The van der Waals surface area contributed by atoms with Gasteiger partial charge in [0.1, 0.15) is 0 Å². The molecule has 0 amide bonds. The molecular weight excluding hydrogens is 254 g/mol. The standard InChI is InChI=1S/C12H15NO4S/c1-9(12(14)17-2)7-18-8-10-4-3-5-11(6-10)13(15)16/h3-6,9H,7-8H2,1-2H3. The van der Waals surface area contributed by atoms with Crippen molar-refractivity contribution in [2.24, 2.45) is 5.92 Å². The minimum atomic E-state index is -0.411. The van der Waals surface area contributed by atoms with Crippen LogP contribution in [0.15, 0.2) is 24.3 Å². The first-order valence-corrected chi connectivity index (χ1v) is 6.59. The summed E-state index contributed by atoms with van der Waals surface area (Å²) in [6, 6.07) is 6.52. The number of nitro benzene ring substituents is 1. The van der Waals surface area contributed by atoms with Gasteiger partial charge in [0, 0.05) is 23.6 Å². The molecule has 0 saturated heterocycles. The van der Waals surface area contributed by atoms with Crippen LogP contribution in [0.2, 0.25) is 0 Å². The van der Waals surface area contributed by atoms with E-state index in [0.29, 0.717) is 11.5 Å². The van der Waals surface area contributed by atoms with Crippen molar-refractivity contribution in [3.63, 3.8) is 0 Å². The second-order valence-electron chi connectivity index (χ2n) is 3.87. The van der Waals surface area contributed by atoms with Crippen molar-refractivity contribution >= 4 is 23.4 Å². The van der Waals surface area contributed by atoms with Gasteiger partial charge in [0.05, 0.1) is 18.0 Å². The lowest BCUT2D eigenvalue weighted by Gasteiger charge is -2.08. The molecule has 1 aromatic carbocycles. The predicted molar refractivity (Wildman–Crippen MR) is 70.4 cm³/mol. The van der Waals surface area contributed by atoms with Crippen LogP contribution in [0, 0.1) is 16.0 Å². The van der Waals surface area contributed by atoms with Crippen LogP contribution in [0.5, 0.6) is 0 Å². The van der Waals surface area contributed by atoms with Crippen molar-refractivity contribution in [2.45, 2.75) is 12.7 Å². The minimum absolute atomic E-state index is 0.0918. The molecule has 0 N–H and O–H groups in total. The van der Waals surface area contributed by atoms with Crippen molar-refractivity contribution in [2.75, 3.05) is 12.9 Å². The third-order valence-electron chi connectivity index (χ3n) is 2.36. The molecule has 98 valence electrons. The van der Waals surface area contributed by atoms with Crippen LogP contribution in [0.1, 0.15) is 12.5 Å². The molecule has 1 rings (SSSR count).